The molecule has 2 heteroatoms. The first-order valence-corrected chi connectivity index (χ1v) is 4.82. The molecule has 0 radical (unpaired) electrons. The Morgan fingerprint density at radius 1 is 1.36 bits per heavy atom. The van der Waals surface area contributed by atoms with Crippen molar-refractivity contribution in [2.45, 2.75) is 26.8 Å². The summed E-state index contributed by atoms with van der Waals surface area (Å²) in [7, 11) is 0. The normalized spacial score (nSPS) is 12.6. The summed E-state index contributed by atoms with van der Waals surface area (Å²) >= 11 is 0. The van der Waals surface area contributed by atoms with Gasteiger partial charge in [-0.3, -0.25) is 0 Å². The van der Waals surface area contributed by atoms with E-state index in [0.29, 0.717) is 11.5 Å². The number of nitriles is 1. The summed E-state index contributed by atoms with van der Waals surface area (Å²) in [5.74, 6) is 0.352. The van der Waals surface area contributed by atoms with E-state index in [9.17, 15) is 0 Å². The molecule has 1 aromatic rings. The second kappa shape index (κ2) is 4.26. The van der Waals surface area contributed by atoms with Gasteiger partial charge < -0.3 is 5.73 Å². The average Bonchev–Trinajstić information content (AvgIpc) is 2.16. The Morgan fingerprint density at radius 3 is 2.50 bits per heavy atom. The SMILES string of the molecule is Cc1ccc([C@@H](N)C(C)C)c(C#N)c1. The monoisotopic (exact) mass is 188 g/mol. The van der Waals surface area contributed by atoms with E-state index in [1.54, 1.807) is 0 Å². The smallest absolute Gasteiger partial charge is 0.0995 e. The molecule has 0 saturated heterocycles. The van der Waals surface area contributed by atoms with Crippen molar-refractivity contribution in [3.8, 4) is 6.07 Å². The Balaban J connectivity index is 3.16. The van der Waals surface area contributed by atoms with E-state index in [1.165, 1.54) is 0 Å². The van der Waals surface area contributed by atoms with Crippen LogP contribution in [0.1, 0.15) is 36.6 Å². The Labute approximate surface area is 85.4 Å². The van der Waals surface area contributed by atoms with Crippen LogP contribution >= 0.6 is 0 Å². The zero-order chi connectivity index (χ0) is 10.7. The third kappa shape index (κ3) is 2.12. The van der Waals surface area contributed by atoms with Crippen LogP contribution in [0.5, 0.6) is 0 Å². The van der Waals surface area contributed by atoms with E-state index in [1.807, 2.05) is 25.1 Å². The minimum atomic E-state index is -0.0507. The van der Waals surface area contributed by atoms with Crippen LogP contribution in [0.3, 0.4) is 0 Å². The van der Waals surface area contributed by atoms with Gasteiger partial charge in [0.05, 0.1) is 11.6 Å². The lowest BCUT2D eigenvalue weighted by atomic mass is 9.92. The van der Waals surface area contributed by atoms with Crippen LogP contribution in [0.25, 0.3) is 0 Å². The second-order valence-corrected chi connectivity index (χ2v) is 3.97. The second-order valence-electron chi connectivity index (χ2n) is 3.97. The number of nitrogens with two attached hydrogens (primary N) is 1. The highest BCUT2D eigenvalue weighted by Gasteiger charge is 2.14. The lowest BCUT2D eigenvalue weighted by molar-refractivity contribution is 0.513. The van der Waals surface area contributed by atoms with Crippen LogP contribution in [0.4, 0.5) is 0 Å². The molecule has 2 nitrogen and oxygen atoms in total. The first-order chi connectivity index (χ1) is 6.56. The highest BCUT2D eigenvalue weighted by Crippen LogP contribution is 2.22. The molecule has 1 atom stereocenters. The fourth-order valence-electron chi connectivity index (χ4n) is 1.42. The summed E-state index contributed by atoms with van der Waals surface area (Å²) in [6, 6.07) is 7.98. The molecule has 0 amide bonds. The summed E-state index contributed by atoms with van der Waals surface area (Å²) in [6.45, 7) is 6.10. The zero-order valence-electron chi connectivity index (χ0n) is 8.91. The van der Waals surface area contributed by atoms with Crippen LogP contribution in [0.15, 0.2) is 18.2 Å². The molecular formula is C12H16N2. The highest BCUT2D eigenvalue weighted by molar-refractivity contribution is 5.42. The van der Waals surface area contributed by atoms with Crippen molar-refractivity contribution in [2.24, 2.45) is 11.7 Å². The number of aryl methyl sites for hydroxylation is 1. The van der Waals surface area contributed by atoms with Crippen molar-refractivity contribution in [1.82, 2.24) is 0 Å². The van der Waals surface area contributed by atoms with E-state index >= 15 is 0 Å². The van der Waals surface area contributed by atoms with E-state index in [4.69, 9.17) is 11.0 Å². The summed E-state index contributed by atoms with van der Waals surface area (Å²) in [4.78, 5) is 0. The van der Waals surface area contributed by atoms with Crippen molar-refractivity contribution >= 4 is 0 Å². The number of rotatable bonds is 2. The molecule has 1 rings (SSSR count). The molecule has 0 fully saturated rings. The maximum atomic E-state index is 8.97. The molecule has 0 aromatic heterocycles. The minimum absolute atomic E-state index is 0.0507. The number of hydrogen-bond donors (Lipinski definition) is 1. The van der Waals surface area contributed by atoms with Crippen LogP contribution in [-0.2, 0) is 0 Å². The van der Waals surface area contributed by atoms with Gasteiger partial charge in [-0.1, -0.05) is 26.0 Å². The van der Waals surface area contributed by atoms with Crippen LogP contribution in [0, 0.1) is 24.2 Å². The van der Waals surface area contributed by atoms with Gasteiger partial charge in [0.15, 0.2) is 0 Å². The molecule has 0 bridgehead atoms. The molecule has 0 aliphatic heterocycles. The van der Waals surface area contributed by atoms with Crippen molar-refractivity contribution in [1.29, 1.82) is 5.26 Å². The standard InChI is InChI=1S/C12H16N2/c1-8(2)12(14)11-5-4-9(3)6-10(11)7-13/h4-6,8,12H,14H2,1-3H3/t12-/m0/s1. The molecule has 14 heavy (non-hydrogen) atoms. The molecule has 2 N–H and O–H groups in total. The van der Waals surface area contributed by atoms with Gasteiger partial charge in [-0.25, -0.2) is 0 Å². The van der Waals surface area contributed by atoms with E-state index in [2.05, 4.69) is 19.9 Å². The molecule has 0 aliphatic carbocycles. The van der Waals surface area contributed by atoms with Gasteiger partial charge >= 0.3 is 0 Å². The maximum absolute atomic E-state index is 8.97. The fraction of sp³-hybridized carbons (Fsp3) is 0.417. The molecule has 0 saturated carbocycles. The van der Waals surface area contributed by atoms with Crippen molar-refractivity contribution in [3.63, 3.8) is 0 Å². The van der Waals surface area contributed by atoms with Gasteiger partial charge in [-0.2, -0.15) is 5.26 Å². The maximum Gasteiger partial charge on any atom is 0.0995 e. The quantitative estimate of drug-likeness (QED) is 0.775. The summed E-state index contributed by atoms with van der Waals surface area (Å²) in [5, 5.41) is 8.97. The predicted octanol–water partition coefficient (Wildman–Crippen LogP) is 2.52. The molecular weight excluding hydrogens is 172 g/mol. The van der Waals surface area contributed by atoms with Crippen LogP contribution in [-0.4, -0.2) is 0 Å². The van der Waals surface area contributed by atoms with Crippen LogP contribution in [0.2, 0.25) is 0 Å². The Hall–Kier alpha value is -1.33. The van der Waals surface area contributed by atoms with Gasteiger partial charge in [-0.15, -0.1) is 0 Å². The van der Waals surface area contributed by atoms with Gasteiger partial charge in [0.25, 0.3) is 0 Å². The Kier molecular flexibility index (Phi) is 3.27. The number of nitrogens with zero attached hydrogens (tertiary/aromatic N) is 1. The molecule has 0 spiro atoms. The van der Waals surface area contributed by atoms with Crippen LogP contribution < -0.4 is 5.73 Å². The Morgan fingerprint density at radius 2 is 2.00 bits per heavy atom. The number of benzene rings is 1. The van der Waals surface area contributed by atoms with Crippen molar-refractivity contribution in [3.05, 3.63) is 34.9 Å². The molecule has 0 heterocycles. The Bertz CT molecular complexity index is 361. The topological polar surface area (TPSA) is 49.8 Å². The van der Waals surface area contributed by atoms with E-state index in [0.717, 1.165) is 11.1 Å². The third-order valence-electron chi connectivity index (χ3n) is 2.41. The third-order valence-corrected chi connectivity index (χ3v) is 2.41. The first kappa shape index (κ1) is 10.7. The summed E-state index contributed by atoms with van der Waals surface area (Å²) < 4.78 is 0. The predicted molar refractivity (Wildman–Crippen MR) is 57.7 cm³/mol. The number of hydrogen-bond acceptors (Lipinski definition) is 2. The van der Waals surface area contributed by atoms with Crippen molar-refractivity contribution in [2.75, 3.05) is 0 Å². The lowest BCUT2D eigenvalue weighted by Gasteiger charge is -2.17. The molecule has 74 valence electrons. The van der Waals surface area contributed by atoms with E-state index < -0.39 is 0 Å². The van der Waals surface area contributed by atoms with Gasteiger partial charge in [-0.05, 0) is 30.0 Å². The average molecular weight is 188 g/mol. The largest absolute Gasteiger partial charge is 0.324 e. The minimum Gasteiger partial charge on any atom is -0.324 e. The molecule has 0 aliphatic rings. The van der Waals surface area contributed by atoms with Gasteiger partial charge in [0, 0.05) is 6.04 Å². The zero-order valence-corrected chi connectivity index (χ0v) is 8.91. The van der Waals surface area contributed by atoms with Gasteiger partial charge in [0.2, 0.25) is 0 Å². The first-order valence-electron chi connectivity index (χ1n) is 4.82. The van der Waals surface area contributed by atoms with Gasteiger partial charge in [0.1, 0.15) is 0 Å². The lowest BCUT2D eigenvalue weighted by Crippen LogP contribution is -2.17. The molecule has 1 aromatic carbocycles. The fourth-order valence-corrected chi connectivity index (χ4v) is 1.42. The van der Waals surface area contributed by atoms with E-state index in [-0.39, 0.29) is 6.04 Å². The summed E-state index contributed by atoms with van der Waals surface area (Å²) in [5.41, 5.74) is 8.76. The van der Waals surface area contributed by atoms with Crippen molar-refractivity contribution < 1.29 is 0 Å². The molecule has 0 unspecified atom stereocenters. The highest BCUT2D eigenvalue weighted by atomic mass is 14.6. The summed E-state index contributed by atoms with van der Waals surface area (Å²) in [6.07, 6.45) is 0.